The second kappa shape index (κ2) is 9.03. The van der Waals surface area contributed by atoms with Crippen LogP contribution in [0.2, 0.25) is 0 Å². The van der Waals surface area contributed by atoms with Crippen LogP contribution in [-0.4, -0.2) is 68.9 Å². The van der Waals surface area contributed by atoms with E-state index in [-0.39, 0.29) is 11.2 Å². The lowest BCUT2D eigenvalue weighted by molar-refractivity contribution is -0.132. The first kappa shape index (κ1) is 18.7. The summed E-state index contributed by atoms with van der Waals surface area (Å²) < 4.78 is 0. The summed E-state index contributed by atoms with van der Waals surface area (Å²) >= 11 is 1.47. The predicted octanol–water partition coefficient (Wildman–Crippen LogP) is 2.57. The number of likely N-dealkylation sites (N-methyl/N-ethyl adjacent to an activating group) is 1. The Balaban J connectivity index is 1.44. The first-order chi connectivity index (χ1) is 12.2. The summed E-state index contributed by atoms with van der Waals surface area (Å²) in [5, 5.41) is 7.93. The average molecular weight is 366 g/mol. The summed E-state index contributed by atoms with van der Waals surface area (Å²) in [5.41, 5.74) is 0. The number of piperazine rings is 1. The summed E-state index contributed by atoms with van der Waals surface area (Å²) in [7, 11) is 0. The quantitative estimate of drug-likeness (QED) is 0.753. The highest BCUT2D eigenvalue weighted by atomic mass is 32.2. The maximum Gasteiger partial charge on any atom is 0.235 e. The van der Waals surface area contributed by atoms with E-state index in [9.17, 15) is 4.79 Å². The number of carbonyl (C=O) groups is 1. The standard InChI is InChI=1S/C18H31N5OS/c1-3-22-10-12-23(13-11-22)17(24)14(2)25-18-19-16(20-21-18)9-8-15-6-4-5-7-15/h14-15H,3-13H2,1-2H3,(H,19,20,21). The van der Waals surface area contributed by atoms with Crippen molar-refractivity contribution < 1.29 is 4.79 Å². The Kier molecular flexibility index (Phi) is 6.76. The highest BCUT2D eigenvalue weighted by molar-refractivity contribution is 8.00. The SMILES string of the molecule is CCN1CCN(C(=O)C(C)Sc2n[nH]c(CCC3CCCC3)n2)CC1. The van der Waals surface area contributed by atoms with Crippen LogP contribution in [0.15, 0.2) is 5.16 Å². The minimum Gasteiger partial charge on any atom is -0.339 e. The number of nitrogens with zero attached hydrogens (tertiary/aromatic N) is 4. The van der Waals surface area contributed by atoms with E-state index >= 15 is 0 Å². The Morgan fingerprint density at radius 3 is 2.68 bits per heavy atom. The topological polar surface area (TPSA) is 65.1 Å². The highest BCUT2D eigenvalue weighted by Crippen LogP contribution is 2.28. The van der Waals surface area contributed by atoms with Crippen LogP contribution >= 0.6 is 11.8 Å². The van der Waals surface area contributed by atoms with Crippen LogP contribution in [0.3, 0.4) is 0 Å². The van der Waals surface area contributed by atoms with Crippen LogP contribution in [0.5, 0.6) is 0 Å². The van der Waals surface area contributed by atoms with Gasteiger partial charge >= 0.3 is 0 Å². The van der Waals surface area contributed by atoms with Gasteiger partial charge < -0.3 is 9.80 Å². The summed E-state index contributed by atoms with van der Waals surface area (Å²) in [6, 6.07) is 0. The molecule has 0 bridgehead atoms. The number of aromatic amines is 1. The molecule has 6 nitrogen and oxygen atoms in total. The third kappa shape index (κ3) is 5.20. The molecule has 1 amide bonds. The number of nitrogens with one attached hydrogen (secondary N) is 1. The molecule has 1 aliphatic carbocycles. The molecule has 0 aromatic carbocycles. The van der Waals surface area contributed by atoms with Gasteiger partial charge in [-0.25, -0.2) is 4.98 Å². The molecular formula is C18H31N5OS. The van der Waals surface area contributed by atoms with Crippen molar-refractivity contribution in [2.75, 3.05) is 32.7 Å². The summed E-state index contributed by atoms with van der Waals surface area (Å²) in [4.78, 5) is 21.6. The van der Waals surface area contributed by atoms with Crippen LogP contribution in [0.25, 0.3) is 0 Å². The zero-order chi connectivity index (χ0) is 17.6. The summed E-state index contributed by atoms with van der Waals surface area (Å²) in [6.07, 6.45) is 7.68. The molecule has 1 N–H and O–H groups in total. The number of H-pyrrole nitrogens is 1. The number of aryl methyl sites for hydroxylation is 1. The fourth-order valence-electron chi connectivity index (χ4n) is 3.83. The Hall–Kier alpha value is -1.08. The van der Waals surface area contributed by atoms with Crippen LogP contribution in [-0.2, 0) is 11.2 Å². The molecule has 1 atom stereocenters. The second-order valence-corrected chi connectivity index (χ2v) is 8.58. The average Bonchev–Trinajstić information content (AvgIpc) is 3.31. The third-order valence-corrected chi connectivity index (χ3v) is 6.49. The van der Waals surface area contributed by atoms with Gasteiger partial charge in [0.2, 0.25) is 11.1 Å². The molecule has 2 fully saturated rings. The number of hydrogen-bond acceptors (Lipinski definition) is 5. The van der Waals surface area contributed by atoms with Crippen molar-refractivity contribution >= 4 is 17.7 Å². The van der Waals surface area contributed by atoms with Crippen molar-refractivity contribution in [3.8, 4) is 0 Å². The molecule has 1 unspecified atom stereocenters. The largest absolute Gasteiger partial charge is 0.339 e. The minimum absolute atomic E-state index is 0.133. The van der Waals surface area contributed by atoms with E-state index < -0.39 is 0 Å². The van der Waals surface area contributed by atoms with Gasteiger partial charge in [0.1, 0.15) is 5.82 Å². The molecule has 7 heteroatoms. The van der Waals surface area contributed by atoms with Gasteiger partial charge in [-0.15, -0.1) is 5.10 Å². The molecular weight excluding hydrogens is 334 g/mol. The van der Waals surface area contributed by atoms with Crippen molar-refractivity contribution in [1.82, 2.24) is 25.0 Å². The third-order valence-electron chi connectivity index (χ3n) is 5.54. The van der Waals surface area contributed by atoms with Crippen LogP contribution < -0.4 is 0 Å². The molecule has 25 heavy (non-hydrogen) atoms. The maximum absolute atomic E-state index is 12.6. The van der Waals surface area contributed by atoms with Crippen molar-refractivity contribution in [2.45, 2.75) is 62.8 Å². The number of aromatic nitrogens is 3. The molecule has 0 spiro atoms. The molecule has 2 aliphatic rings. The maximum atomic E-state index is 12.6. The predicted molar refractivity (Wildman–Crippen MR) is 101 cm³/mol. The lowest BCUT2D eigenvalue weighted by Gasteiger charge is -2.35. The summed E-state index contributed by atoms with van der Waals surface area (Å²) in [6.45, 7) is 8.82. The smallest absolute Gasteiger partial charge is 0.235 e. The molecule has 0 radical (unpaired) electrons. The summed E-state index contributed by atoms with van der Waals surface area (Å²) in [5.74, 6) is 2.03. The van der Waals surface area contributed by atoms with Crippen LogP contribution in [0.4, 0.5) is 0 Å². The van der Waals surface area contributed by atoms with Gasteiger partial charge in [0, 0.05) is 32.6 Å². The van der Waals surface area contributed by atoms with Gasteiger partial charge in [0.05, 0.1) is 5.25 Å². The Bertz CT molecular complexity index is 549. The molecule has 1 aromatic rings. The Morgan fingerprint density at radius 1 is 1.28 bits per heavy atom. The number of rotatable bonds is 7. The fraction of sp³-hybridized carbons (Fsp3) is 0.833. The normalized spacial score (nSPS) is 21.0. The molecule has 1 aliphatic heterocycles. The van der Waals surface area contributed by atoms with Gasteiger partial charge in [0.25, 0.3) is 0 Å². The van der Waals surface area contributed by atoms with E-state index in [1.165, 1.54) is 43.9 Å². The van der Waals surface area contributed by atoms with Crippen LogP contribution in [0, 0.1) is 5.92 Å². The lowest BCUT2D eigenvalue weighted by Crippen LogP contribution is -2.50. The fourth-order valence-corrected chi connectivity index (χ4v) is 4.66. The minimum atomic E-state index is -0.133. The Labute approximate surface area is 155 Å². The van der Waals surface area contributed by atoms with E-state index in [1.54, 1.807) is 0 Å². The molecule has 2 heterocycles. The van der Waals surface area contributed by atoms with Crippen molar-refractivity contribution in [2.24, 2.45) is 5.92 Å². The second-order valence-electron chi connectivity index (χ2n) is 7.27. The first-order valence-corrected chi connectivity index (χ1v) is 10.6. The van der Waals surface area contributed by atoms with E-state index in [0.717, 1.165) is 50.9 Å². The monoisotopic (exact) mass is 365 g/mol. The van der Waals surface area contributed by atoms with Gasteiger partial charge in [-0.2, -0.15) is 0 Å². The van der Waals surface area contributed by atoms with E-state index in [2.05, 4.69) is 27.0 Å². The molecule has 1 aromatic heterocycles. The van der Waals surface area contributed by atoms with Gasteiger partial charge in [-0.1, -0.05) is 44.4 Å². The van der Waals surface area contributed by atoms with E-state index in [4.69, 9.17) is 0 Å². The Morgan fingerprint density at radius 2 is 2.00 bits per heavy atom. The first-order valence-electron chi connectivity index (χ1n) is 9.74. The number of amides is 1. The van der Waals surface area contributed by atoms with Gasteiger partial charge in [0.15, 0.2) is 0 Å². The van der Waals surface area contributed by atoms with E-state index in [0.29, 0.717) is 5.16 Å². The number of thioether (sulfide) groups is 1. The molecule has 3 rings (SSSR count). The molecule has 1 saturated heterocycles. The molecule has 140 valence electrons. The molecule has 1 saturated carbocycles. The number of carbonyl (C=O) groups excluding carboxylic acids is 1. The van der Waals surface area contributed by atoms with E-state index in [1.807, 2.05) is 11.8 Å². The zero-order valence-electron chi connectivity index (χ0n) is 15.5. The zero-order valence-corrected chi connectivity index (χ0v) is 16.4. The van der Waals surface area contributed by atoms with Crippen molar-refractivity contribution in [3.63, 3.8) is 0 Å². The van der Waals surface area contributed by atoms with Crippen molar-refractivity contribution in [1.29, 1.82) is 0 Å². The highest BCUT2D eigenvalue weighted by Gasteiger charge is 2.26. The van der Waals surface area contributed by atoms with Crippen LogP contribution in [0.1, 0.15) is 51.8 Å². The van der Waals surface area contributed by atoms with Gasteiger partial charge in [-0.05, 0) is 25.8 Å². The van der Waals surface area contributed by atoms with Gasteiger partial charge in [-0.3, -0.25) is 9.89 Å². The lowest BCUT2D eigenvalue weighted by atomic mass is 10.0. The van der Waals surface area contributed by atoms with Crippen molar-refractivity contribution in [3.05, 3.63) is 5.82 Å². The number of hydrogen-bond donors (Lipinski definition) is 1.